The van der Waals surface area contributed by atoms with Crippen LogP contribution >= 0.6 is 0 Å². The van der Waals surface area contributed by atoms with Crippen molar-refractivity contribution in [2.75, 3.05) is 24.6 Å². The first kappa shape index (κ1) is 51.0. The zero-order chi connectivity index (χ0) is 47.8. The number of hydrogen-bond donors (Lipinski definition) is 6. The third kappa shape index (κ3) is 9.71. The summed E-state index contributed by atoms with van der Waals surface area (Å²) < 4.78 is 62.4. The van der Waals surface area contributed by atoms with Gasteiger partial charge in [-0.05, 0) is 220 Å². The van der Waals surface area contributed by atoms with Crippen LogP contribution in [-0.2, 0) is 29.8 Å². The smallest absolute Gasteiger partial charge is 0.266 e. The molecule has 0 aromatic rings. The van der Waals surface area contributed by atoms with E-state index in [0.29, 0.717) is 95.7 Å². The summed E-state index contributed by atoms with van der Waals surface area (Å²) >= 11 is 0. The van der Waals surface area contributed by atoms with E-state index in [-0.39, 0.29) is 58.8 Å². The Bertz CT molecular complexity index is 1860. The van der Waals surface area contributed by atoms with Crippen molar-refractivity contribution in [1.82, 2.24) is 10.6 Å². The van der Waals surface area contributed by atoms with Gasteiger partial charge in [0.25, 0.3) is 20.2 Å². The molecule has 8 aliphatic rings. The van der Waals surface area contributed by atoms with Crippen molar-refractivity contribution in [3.8, 4) is 0 Å². The van der Waals surface area contributed by atoms with Crippen molar-refractivity contribution in [2.45, 2.75) is 182 Å². The molecule has 6 N–H and O–H groups in total. The second kappa shape index (κ2) is 19.0. The molecule has 20 atom stereocenters. The van der Waals surface area contributed by atoms with Gasteiger partial charge >= 0.3 is 0 Å². The van der Waals surface area contributed by atoms with E-state index in [4.69, 9.17) is 9.11 Å². The van der Waals surface area contributed by atoms with Crippen molar-refractivity contribution in [3.63, 3.8) is 0 Å². The third-order valence-electron chi connectivity index (χ3n) is 22.7. The van der Waals surface area contributed by atoms with Crippen LogP contribution < -0.4 is 10.6 Å². The average molecular weight is 965 g/mol. The van der Waals surface area contributed by atoms with E-state index in [1.165, 1.54) is 64.2 Å². The molecular weight excluding hydrogens is 877 g/mol. The van der Waals surface area contributed by atoms with Crippen molar-refractivity contribution >= 4 is 32.1 Å². The zero-order valence-corrected chi connectivity index (χ0v) is 42.9. The van der Waals surface area contributed by atoms with Gasteiger partial charge < -0.3 is 20.8 Å². The largest absolute Gasteiger partial charge is 0.393 e. The highest BCUT2D eigenvalue weighted by Crippen LogP contribution is 2.72. The van der Waals surface area contributed by atoms with Crippen LogP contribution in [0.2, 0.25) is 0 Å². The quantitative estimate of drug-likeness (QED) is 0.0866. The molecule has 8 saturated carbocycles. The van der Waals surface area contributed by atoms with Crippen LogP contribution in [0.3, 0.4) is 0 Å². The topological polar surface area (TPSA) is 207 Å². The van der Waals surface area contributed by atoms with Crippen molar-refractivity contribution in [1.29, 1.82) is 0 Å². The summed E-state index contributed by atoms with van der Waals surface area (Å²) in [7, 11) is -8.21. The Morgan fingerprint density at radius 3 is 1.24 bits per heavy atom. The molecule has 66 heavy (non-hydrogen) atoms. The van der Waals surface area contributed by atoms with Gasteiger partial charge in [-0.25, -0.2) is 0 Å². The summed E-state index contributed by atoms with van der Waals surface area (Å²) in [5, 5.41) is 29.8. The highest BCUT2D eigenvalue weighted by molar-refractivity contribution is 7.86. The zero-order valence-electron chi connectivity index (χ0n) is 41.3. The van der Waals surface area contributed by atoms with Crippen LogP contribution in [0, 0.1) is 105 Å². The second-order valence-corrected chi connectivity index (χ2v) is 28.6. The monoisotopic (exact) mass is 965 g/mol. The minimum Gasteiger partial charge on any atom is -0.393 e. The number of rotatable bonds is 15. The molecule has 0 aromatic heterocycles. The number of nitrogens with one attached hydrogen (secondary N) is 2. The highest BCUT2D eigenvalue weighted by atomic mass is 32.2. The maximum Gasteiger partial charge on any atom is 0.266 e. The number of aliphatic hydroxyl groups excluding tert-OH is 2. The molecule has 0 saturated heterocycles. The first-order valence-electron chi connectivity index (χ1n) is 26.7. The van der Waals surface area contributed by atoms with Gasteiger partial charge in [0.2, 0.25) is 11.8 Å². The molecule has 0 aliphatic heterocycles. The summed E-state index contributed by atoms with van der Waals surface area (Å²) in [6.07, 6.45) is 20.4. The number of amides is 2. The number of carbonyl (C=O) groups excluding carboxylic acids is 2. The minimum absolute atomic E-state index is 0.0751. The van der Waals surface area contributed by atoms with Crippen LogP contribution in [0.15, 0.2) is 0 Å². The average Bonchev–Trinajstić information content (AvgIpc) is 3.78. The summed E-state index contributed by atoms with van der Waals surface area (Å²) in [6.45, 7) is 14.6. The Morgan fingerprint density at radius 1 is 0.530 bits per heavy atom. The minimum atomic E-state index is -4.10. The predicted octanol–water partition coefficient (Wildman–Crippen LogP) is 8.32. The van der Waals surface area contributed by atoms with E-state index >= 15 is 0 Å². The molecule has 12 nitrogen and oxygen atoms in total. The van der Waals surface area contributed by atoms with Crippen LogP contribution in [0.4, 0.5) is 0 Å². The van der Waals surface area contributed by atoms with Gasteiger partial charge in [-0.15, -0.1) is 0 Å². The summed E-state index contributed by atoms with van der Waals surface area (Å²) in [5.41, 5.74) is 0.809. The van der Waals surface area contributed by atoms with Crippen molar-refractivity contribution in [2.24, 2.45) is 105 Å². The molecule has 4 unspecified atom stereocenters. The summed E-state index contributed by atoms with van der Waals surface area (Å²) in [6, 6.07) is 0. The first-order valence-corrected chi connectivity index (χ1v) is 29.9. The molecule has 0 bridgehead atoms. The lowest BCUT2D eigenvalue weighted by atomic mass is 9.41. The summed E-state index contributed by atoms with van der Waals surface area (Å²) in [4.78, 5) is 25.1. The molecule has 14 heteroatoms. The molecule has 8 aliphatic carbocycles. The molecule has 0 radical (unpaired) electrons. The molecule has 0 heterocycles. The molecule has 8 fully saturated rings. The molecule has 8 rings (SSSR count). The summed E-state index contributed by atoms with van der Waals surface area (Å²) in [5.74, 6) is 5.70. The van der Waals surface area contributed by atoms with E-state index in [0.717, 1.165) is 51.4 Å². The fraction of sp³-hybridized carbons (Fsp3) is 0.962. The van der Waals surface area contributed by atoms with Crippen molar-refractivity contribution < 1.29 is 45.7 Å². The van der Waals surface area contributed by atoms with Gasteiger partial charge in [-0.2, -0.15) is 16.8 Å². The maximum atomic E-state index is 12.6. The van der Waals surface area contributed by atoms with Crippen LogP contribution in [0.5, 0.6) is 0 Å². The Morgan fingerprint density at radius 2 is 0.879 bits per heavy atom. The Labute approximate surface area is 398 Å². The van der Waals surface area contributed by atoms with Gasteiger partial charge in [0.15, 0.2) is 0 Å². The van der Waals surface area contributed by atoms with E-state index in [9.17, 15) is 36.6 Å². The molecular formula is C52H88N2O10S2. The number of aliphatic hydroxyl groups is 2. The van der Waals surface area contributed by atoms with Gasteiger partial charge in [-0.3, -0.25) is 18.7 Å². The van der Waals surface area contributed by atoms with E-state index in [1.807, 2.05) is 0 Å². The van der Waals surface area contributed by atoms with E-state index < -0.39 is 31.7 Å². The number of hydrogen-bond acceptors (Lipinski definition) is 8. The SMILES string of the molecule is C[C@@H](CCC(=O)NCCS(=O)(=O)O)[C@H]1CC[C@@H]2[C@H]3[C@H](O)CC4CC(C5CC[C@@]6(C)C(C5)C[C@H](O)[C@H]5[C@@H]7CC[C@H]([C@@H](C)CCC(=O)NCCS(=O)(=O)O)[C@@]7(C)CC[C@@H]56)CC[C@@]4(C)[C@@H]3CC[C@]21C. The number of carbonyl (C=O) groups is 2. The Hall–Kier alpha value is -1.32. The lowest BCUT2D eigenvalue weighted by molar-refractivity contribution is -0.183. The van der Waals surface area contributed by atoms with E-state index in [2.05, 4.69) is 52.2 Å². The standard InChI is InChI=1S/C52H88N2O10S2/c1-31(7-13-45(57)53-23-25-65(59,60)61)37-9-11-39-47-41(17-21-51(37,39)5)49(3)19-15-33(27-35(49)29-43(47)55)34-16-20-50(4)36(28-34)30-44(56)48-40-12-10-38(52(40,6)22-18-42(48)50)32(2)8-14-46(58)54-24-26-66(62,63)64/h31-44,47-48,55-56H,7-30H2,1-6H3,(H,53,57)(H,54,58)(H,59,60,61)(H,62,63,64)/t31-,32-,33?,34?,35?,36?,37+,38+,39-,40+,41-,42+,43-,44+,47-,48+,49-,50+,51+,52-/m0/s1. The highest BCUT2D eigenvalue weighted by Gasteiger charge is 2.65. The second-order valence-electron chi connectivity index (χ2n) is 25.4. The molecule has 2 amide bonds. The van der Waals surface area contributed by atoms with Gasteiger partial charge in [0.1, 0.15) is 0 Å². The Kier molecular flexibility index (Phi) is 14.7. The molecule has 0 spiro atoms. The normalized spacial score (nSPS) is 46.3. The predicted molar refractivity (Wildman–Crippen MR) is 256 cm³/mol. The van der Waals surface area contributed by atoms with Gasteiger partial charge in [-0.1, -0.05) is 41.5 Å². The molecule has 0 aromatic carbocycles. The fourth-order valence-electron chi connectivity index (χ4n) is 19.3. The lowest BCUT2D eigenvalue weighted by Gasteiger charge is -2.64. The van der Waals surface area contributed by atoms with Gasteiger partial charge in [0, 0.05) is 25.9 Å². The fourth-order valence-corrected chi connectivity index (χ4v) is 20.0. The van der Waals surface area contributed by atoms with Crippen LogP contribution in [0.1, 0.15) is 170 Å². The van der Waals surface area contributed by atoms with Crippen LogP contribution in [-0.4, -0.2) is 84.8 Å². The van der Waals surface area contributed by atoms with Crippen LogP contribution in [0.25, 0.3) is 0 Å². The van der Waals surface area contributed by atoms with Crippen molar-refractivity contribution in [3.05, 3.63) is 0 Å². The lowest BCUT2D eigenvalue weighted by Crippen LogP contribution is -2.59. The number of fused-ring (bicyclic) bond motifs is 10. The van der Waals surface area contributed by atoms with Gasteiger partial charge in [0.05, 0.1) is 23.7 Å². The first-order chi connectivity index (χ1) is 30.9. The third-order valence-corrected chi connectivity index (χ3v) is 24.1. The van der Waals surface area contributed by atoms with E-state index in [1.54, 1.807) is 0 Å². The maximum absolute atomic E-state index is 12.6. The molecule has 378 valence electrons. The Balaban J connectivity index is 0.848.